The maximum atomic E-state index is 13.2. The van der Waals surface area contributed by atoms with Gasteiger partial charge in [-0.1, -0.05) is 41.4 Å². The molecule has 0 fully saturated rings. The molecule has 2 aromatic carbocycles. The van der Waals surface area contributed by atoms with Gasteiger partial charge in [0.15, 0.2) is 0 Å². The molecule has 3 rings (SSSR count). The van der Waals surface area contributed by atoms with E-state index in [4.69, 9.17) is 23.2 Å². The first-order chi connectivity index (χ1) is 12.3. The molecule has 6 heteroatoms. The normalized spacial score (nSPS) is 13.9. The topological polar surface area (TPSA) is 49.4 Å². The van der Waals surface area contributed by atoms with Gasteiger partial charge in [0.1, 0.15) is 5.41 Å². The molecule has 4 nitrogen and oxygen atoms in total. The number of fused-ring (bicyclic) bond motifs is 1. The zero-order valence-corrected chi connectivity index (χ0v) is 16.2. The summed E-state index contributed by atoms with van der Waals surface area (Å²) in [6.45, 7) is 3.87. The van der Waals surface area contributed by atoms with Crippen molar-refractivity contribution in [3.63, 3.8) is 0 Å². The van der Waals surface area contributed by atoms with Crippen molar-refractivity contribution >= 4 is 46.4 Å². The van der Waals surface area contributed by atoms with Gasteiger partial charge in [0.2, 0.25) is 11.8 Å². The SMILES string of the molecule is CC(C)(C(=O)Nc1cc(Cl)cc(Cl)c1)C(=O)N1CCCc2ccccc21. The highest BCUT2D eigenvalue weighted by Gasteiger charge is 2.40. The second-order valence-electron chi connectivity index (χ2n) is 6.93. The van der Waals surface area contributed by atoms with Crippen molar-refractivity contribution in [1.29, 1.82) is 0 Å². The summed E-state index contributed by atoms with van der Waals surface area (Å²) in [4.78, 5) is 27.7. The van der Waals surface area contributed by atoms with Crippen LogP contribution in [0.3, 0.4) is 0 Å². The summed E-state index contributed by atoms with van der Waals surface area (Å²) in [6.07, 6.45) is 1.82. The first-order valence-electron chi connectivity index (χ1n) is 8.46. The fraction of sp³-hybridized carbons (Fsp3) is 0.300. The van der Waals surface area contributed by atoms with Gasteiger partial charge in [0.25, 0.3) is 0 Å². The Kier molecular flexibility index (Phi) is 5.26. The Balaban J connectivity index is 1.83. The van der Waals surface area contributed by atoms with Gasteiger partial charge >= 0.3 is 0 Å². The van der Waals surface area contributed by atoms with Gasteiger partial charge in [-0.15, -0.1) is 0 Å². The zero-order chi connectivity index (χ0) is 18.9. The van der Waals surface area contributed by atoms with E-state index in [1.165, 1.54) is 0 Å². The number of aryl methyl sites for hydroxylation is 1. The van der Waals surface area contributed by atoms with Crippen LogP contribution in [0.4, 0.5) is 11.4 Å². The number of nitrogens with one attached hydrogen (secondary N) is 1. The number of halogens is 2. The van der Waals surface area contributed by atoms with Crippen molar-refractivity contribution in [1.82, 2.24) is 0 Å². The molecule has 0 aliphatic carbocycles. The second kappa shape index (κ2) is 7.29. The maximum absolute atomic E-state index is 13.2. The van der Waals surface area contributed by atoms with Crippen LogP contribution >= 0.6 is 23.2 Å². The van der Waals surface area contributed by atoms with Gasteiger partial charge < -0.3 is 10.2 Å². The summed E-state index contributed by atoms with van der Waals surface area (Å²) in [5.41, 5.74) is 1.24. The molecule has 1 aliphatic rings. The van der Waals surface area contributed by atoms with Crippen molar-refractivity contribution in [3.8, 4) is 0 Å². The lowest BCUT2D eigenvalue weighted by Crippen LogP contribution is -2.49. The van der Waals surface area contributed by atoms with Crippen LogP contribution in [0.15, 0.2) is 42.5 Å². The summed E-state index contributed by atoms with van der Waals surface area (Å²) in [5.74, 6) is -0.626. The number of nitrogens with zero attached hydrogens (tertiary/aromatic N) is 1. The third-order valence-electron chi connectivity index (χ3n) is 4.58. The van der Waals surface area contributed by atoms with Gasteiger partial charge in [0, 0.05) is 28.0 Å². The predicted molar refractivity (Wildman–Crippen MR) is 106 cm³/mol. The highest BCUT2D eigenvalue weighted by Crippen LogP contribution is 2.32. The first-order valence-corrected chi connectivity index (χ1v) is 9.22. The van der Waals surface area contributed by atoms with E-state index in [2.05, 4.69) is 5.32 Å². The molecular formula is C20H20Cl2N2O2. The minimum absolute atomic E-state index is 0.227. The van der Waals surface area contributed by atoms with Crippen LogP contribution in [0.2, 0.25) is 10.0 Å². The van der Waals surface area contributed by atoms with Gasteiger partial charge in [-0.3, -0.25) is 9.59 Å². The summed E-state index contributed by atoms with van der Waals surface area (Å²) in [6, 6.07) is 12.6. The van der Waals surface area contributed by atoms with E-state index < -0.39 is 11.3 Å². The lowest BCUT2D eigenvalue weighted by atomic mass is 9.88. The Bertz CT molecular complexity index is 844. The molecule has 0 saturated carbocycles. The van der Waals surface area contributed by atoms with Gasteiger partial charge in [-0.25, -0.2) is 0 Å². The summed E-state index contributed by atoms with van der Waals surface area (Å²) < 4.78 is 0. The van der Waals surface area contributed by atoms with Crippen molar-refractivity contribution in [3.05, 3.63) is 58.1 Å². The van der Waals surface area contributed by atoms with Crippen LogP contribution in [0, 0.1) is 5.41 Å². The molecule has 2 aromatic rings. The third-order valence-corrected chi connectivity index (χ3v) is 5.01. The molecule has 0 aromatic heterocycles. The number of hydrogen-bond donors (Lipinski definition) is 1. The largest absolute Gasteiger partial charge is 0.325 e. The van der Waals surface area contributed by atoms with Crippen LogP contribution in [-0.2, 0) is 16.0 Å². The van der Waals surface area contributed by atoms with E-state index in [-0.39, 0.29) is 5.91 Å². The molecule has 0 spiro atoms. The average Bonchev–Trinajstić information content (AvgIpc) is 2.59. The Morgan fingerprint density at radius 2 is 1.73 bits per heavy atom. The minimum atomic E-state index is -1.24. The summed E-state index contributed by atoms with van der Waals surface area (Å²) in [5, 5.41) is 3.59. The molecule has 0 saturated heterocycles. The number of carbonyl (C=O) groups excluding carboxylic acids is 2. The molecule has 1 heterocycles. The van der Waals surface area contributed by atoms with Crippen molar-refractivity contribution < 1.29 is 9.59 Å². The van der Waals surface area contributed by atoms with E-state index in [9.17, 15) is 9.59 Å². The van der Waals surface area contributed by atoms with Gasteiger partial charge in [-0.05, 0) is 56.5 Å². The van der Waals surface area contributed by atoms with E-state index in [0.29, 0.717) is 22.3 Å². The number of para-hydroxylation sites is 1. The van der Waals surface area contributed by atoms with E-state index in [1.54, 1.807) is 36.9 Å². The number of rotatable bonds is 3. The highest BCUT2D eigenvalue weighted by molar-refractivity contribution is 6.35. The quantitative estimate of drug-likeness (QED) is 0.754. The number of carbonyl (C=O) groups is 2. The van der Waals surface area contributed by atoms with E-state index in [1.807, 2.05) is 24.3 Å². The molecule has 2 amide bonds. The van der Waals surface area contributed by atoms with Crippen LogP contribution in [-0.4, -0.2) is 18.4 Å². The molecule has 0 radical (unpaired) electrons. The van der Waals surface area contributed by atoms with E-state index >= 15 is 0 Å². The van der Waals surface area contributed by atoms with Gasteiger partial charge in [0.05, 0.1) is 0 Å². The standard InChI is InChI=1S/C20H20Cl2N2O2/c1-20(2,18(25)23-16-11-14(21)10-15(22)12-16)19(26)24-9-5-7-13-6-3-4-8-17(13)24/h3-4,6,8,10-12H,5,7,9H2,1-2H3,(H,23,25). The molecule has 1 aliphatic heterocycles. The van der Waals surface area contributed by atoms with Crippen molar-refractivity contribution in [2.75, 3.05) is 16.8 Å². The molecule has 0 unspecified atom stereocenters. The van der Waals surface area contributed by atoms with Crippen molar-refractivity contribution in [2.45, 2.75) is 26.7 Å². The lowest BCUT2D eigenvalue weighted by Gasteiger charge is -2.35. The highest BCUT2D eigenvalue weighted by atomic mass is 35.5. The average molecular weight is 391 g/mol. The maximum Gasteiger partial charge on any atom is 0.242 e. The molecular weight excluding hydrogens is 371 g/mol. The van der Waals surface area contributed by atoms with Crippen LogP contribution in [0.25, 0.3) is 0 Å². The summed E-state index contributed by atoms with van der Waals surface area (Å²) in [7, 11) is 0. The fourth-order valence-corrected chi connectivity index (χ4v) is 3.62. The molecule has 0 atom stereocenters. The lowest BCUT2D eigenvalue weighted by molar-refractivity contribution is -0.136. The fourth-order valence-electron chi connectivity index (χ4n) is 3.09. The van der Waals surface area contributed by atoms with E-state index in [0.717, 1.165) is 24.1 Å². The van der Waals surface area contributed by atoms with Crippen LogP contribution < -0.4 is 10.2 Å². The second-order valence-corrected chi connectivity index (χ2v) is 7.80. The summed E-state index contributed by atoms with van der Waals surface area (Å²) >= 11 is 12.0. The smallest absolute Gasteiger partial charge is 0.242 e. The predicted octanol–water partition coefficient (Wildman–Crippen LogP) is 4.94. The zero-order valence-electron chi connectivity index (χ0n) is 14.7. The number of amides is 2. The Morgan fingerprint density at radius 1 is 1.08 bits per heavy atom. The molecule has 136 valence electrons. The third kappa shape index (κ3) is 3.71. The number of hydrogen-bond acceptors (Lipinski definition) is 2. The van der Waals surface area contributed by atoms with Crippen LogP contribution in [0.5, 0.6) is 0 Å². The Morgan fingerprint density at radius 3 is 2.42 bits per heavy atom. The molecule has 1 N–H and O–H groups in total. The van der Waals surface area contributed by atoms with Crippen molar-refractivity contribution in [2.24, 2.45) is 5.41 Å². The first kappa shape index (κ1) is 18.7. The number of benzene rings is 2. The Hall–Kier alpha value is -2.04. The van der Waals surface area contributed by atoms with Crippen LogP contribution in [0.1, 0.15) is 25.8 Å². The molecule has 26 heavy (non-hydrogen) atoms. The Labute approximate surface area is 163 Å². The minimum Gasteiger partial charge on any atom is -0.325 e. The number of anilines is 2. The van der Waals surface area contributed by atoms with Gasteiger partial charge in [-0.2, -0.15) is 0 Å². The monoisotopic (exact) mass is 390 g/mol. The molecule has 0 bridgehead atoms.